The summed E-state index contributed by atoms with van der Waals surface area (Å²) >= 11 is 0. The summed E-state index contributed by atoms with van der Waals surface area (Å²) in [7, 11) is 0. The molecule has 160 valence electrons. The lowest BCUT2D eigenvalue weighted by Crippen LogP contribution is -2.49. The molecule has 6 heteroatoms. The predicted molar refractivity (Wildman–Crippen MR) is 122 cm³/mol. The van der Waals surface area contributed by atoms with Crippen molar-refractivity contribution in [1.29, 1.82) is 0 Å². The minimum absolute atomic E-state index is 0.0561. The van der Waals surface area contributed by atoms with E-state index >= 15 is 0 Å². The van der Waals surface area contributed by atoms with Gasteiger partial charge in [-0.25, -0.2) is 0 Å². The van der Waals surface area contributed by atoms with Crippen LogP contribution in [0.1, 0.15) is 24.2 Å². The van der Waals surface area contributed by atoms with E-state index < -0.39 is 0 Å². The second kappa shape index (κ2) is 9.60. The Morgan fingerprint density at radius 2 is 1.61 bits per heavy atom. The molecular weight excluding hydrogens is 388 g/mol. The number of carbonyl (C=O) groups is 1. The minimum atomic E-state index is 0.0561. The molecule has 2 aromatic carbocycles. The van der Waals surface area contributed by atoms with Crippen LogP contribution in [0.3, 0.4) is 0 Å². The van der Waals surface area contributed by atoms with Crippen molar-refractivity contribution in [2.45, 2.75) is 13.8 Å². The molecule has 1 aliphatic heterocycles. The molecule has 4 rings (SSSR count). The molecule has 0 unspecified atom stereocenters. The zero-order valence-corrected chi connectivity index (χ0v) is 18.1. The van der Waals surface area contributed by atoms with Gasteiger partial charge in [-0.3, -0.25) is 4.79 Å². The van der Waals surface area contributed by atoms with Crippen molar-refractivity contribution in [2.24, 2.45) is 5.92 Å². The van der Waals surface area contributed by atoms with E-state index in [9.17, 15) is 4.79 Å². The molecule has 0 spiro atoms. The first-order valence-electron chi connectivity index (χ1n) is 10.8. The topological polar surface area (TPSA) is 58.6 Å². The van der Waals surface area contributed by atoms with Crippen LogP contribution in [0.25, 0.3) is 11.3 Å². The molecule has 3 aromatic rings. The summed E-state index contributed by atoms with van der Waals surface area (Å²) in [5.41, 5.74) is 2.61. The van der Waals surface area contributed by atoms with Crippen LogP contribution in [0, 0.1) is 5.92 Å². The number of anilines is 1. The van der Waals surface area contributed by atoms with Gasteiger partial charge in [-0.05, 0) is 42.3 Å². The number of hydrogen-bond acceptors (Lipinski definition) is 5. The van der Waals surface area contributed by atoms with Gasteiger partial charge in [-0.2, -0.15) is 0 Å². The smallest absolute Gasteiger partial charge is 0.253 e. The number of piperazine rings is 1. The molecule has 1 saturated heterocycles. The molecular formula is C25H28N4O2. The Balaban J connectivity index is 1.32. The second-order valence-electron chi connectivity index (χ2n) is 8.15. The molecule has 1 fully saturated rings. The Morgan fingerprint density at radius 1 is 0.903 bits per heavy atom. The number of nitrogens with zero attached hydrogens (tertiary/aromatic N) is 4. The van der Waals surface area contributed by atoms with Gasteiger partial charge < -0.3 is 14.5 Å². The average molecular weight is 417 g/mol. The van der Waals surface area contributed by atoms with Crippen LogP contribution in [-0.4, -0.2) is 53.8 Å². The Morgan fingerprint density at radius 3 is 2.23 bits per heavy atom. The summed E-state index contributed by atoms with van der Waals surface area (Å²) in [6.07, 6.45) is 0. The van der Waals surface area contributed by atoms with Crippen LogP contribution in [0.4, 0.5) is 5.82 Å². The van der Waals surface area contributed by atoms with E-state index in [1.807, 2.05) is 71.6 Å². The van der Waals surface area contributed by atoms with Crippen LogP contribution in [0.5, 0.6) is 5.75 Å². The zero-order valence-electron chi connectivity index (χ0n) is 18.1. The van der Waals surface area contributed by atoms with Crippen LogP contribution in [-0.2, 0) is 0 Å². The molecule has 1 aliphatic rings. The largest absolute Gasteiger partial charge is 0.493 e. The Labute approximate surface area is 183 Å². The van der Waals surface area contributed by atoms with Gasteiger partial charge in [0.1, 0.15) is 5.75 Å². The lowest BCUT2D eigenvalue weighted by molar-refractivity contribution is 0.0746. The summed E-state index contributed by atoms with van der Waals surface area (Å²) in [5.74, 6) is 2.17. The highest BCUT2D eigenvalue weighted by Gasteiger charge is 2.23. The number of rotatable bonds is 6. The molecule has 1 amide bonds. The van der Waals surface area contributed by atoms with Gasteiger partial charge in [0.25, 0.3) is 5.91 Å². The van der Waals surface area contributed by atoms with E-state index in [-0.39, 0.29) is 5.91 Å². The Kier molecular flexibility index (Phi) is 6.46. The first kappa shape index (κ1) is 20.8. The number of benzene rings is 2. The summed E-state index contributed by atoms with van der Waals surface area (Å²) in [6.45, 7) is 7.69. The monoisotopic (exact) mass is 416 g/mol. The fourth-order valence-electron chi connectivity index (χ4n) is 3.53. The van der Waals surface area contributed by atoms with Gasteiger partial charge in [-0.1, -0.05) is 44.2 Å². The van der Waals surface area contributed by atoms with Crippen LogP contribution >= 0.6 is 0 Å². The normalized spacial score (nSPS) is 14.0. The third kappa shape index (κ3) is 5.20. The second-order valence-corrected chi connectivity index (χ2v) is 8.15. The molecule has 1 aromatic heterocycles. The van der Waals surface area contributed by atoms with Crippen molar-refractivity contribution in [3.63, 3.8) is 0 Å². The number of hydrogen-bond donors (Lipinski definition) is 0. The van der Waals surface area contributed by atoms with E-state index in [1.165, 1.54) is 0 Å². The van der Waals surface area contributed by atoms with Gasteiger partial charge in [0, 0.05) is 37.3 Å². The zero-order chi connectivity index (χ0) is 21.6. The van der Waals surface area contributed by atoms with Crippen LogP contribution in [0.15, 0.2) is 66.7 Å². The predicted octanol–water partition coefficient (Wildman–Crippen LogP) is 4.14. The van der Waals surface area contributed by atoms with Crippen LogP contribution in [0.2, 0.25) is 0 Å². The van der Waals surface area contributed by atoms with E-state index in [1.54, 1.807) is 0 Å². The fraction of sp³-hybridized carbons (Fsp3) is 0.320. The highest BCUT2D eigenvalue weighted by atomic mass is 16.5. The first-order chi connectivity index (χ1) is 15.1. The molecule has 6 nitrogen and oxygen atoms in total. The number of aromatic nitrogens is 2. The molecule has 31 heavy (non-hydrogen) atoms. The van der Waals surface area contributed by atoms with Crippen molar-refractivity contribution in [3.8, 4) is 17.0 Å². The Bertz CT molecular complexity index is 980. The van der Waals surface area contributed by atoms with Gasteiger partial charge >= 0.3 is 0 Å². The maximum Gasteiger partial charge on any atom is 0.253 e. The summed E-state index contributed by atoms with van der Waals surface area (Å²) < 4.78 is 5.70. The number of ether oxygens (including phenoxy) is 1. The molecule has 0 saturated carbocycles. The number of carbonyl (C=O) groups excluding carboxylic acids is 1. The van der Waals surface area contributed by atoms with Crippen molar-refractivity contribution in [3.05, 3.63) is 72.3 Å². The van der Waals surface area contributed by atoms with Crippen molar-refractivity contribution in [1.82, 2.24) is 15.1 Å². The first-order valence-corrected chi connectivity index (χ1v) is 10.8. The molecule has 2 heterocycles. The van der Waals surface area contributed by atoms with Gasteiger partial charge in [-0.15, -0.1) is 10.2 Å². The number of amides is 1. The third-order valence-corrected chi connectivity index (χ3v) is 5.30. The summed E-state index contributed by atoms with van der Waals surface area (Å²) in [4.78, 5) is 16.9. The van der Waals surface area contributed by atoms with E-state index in [0.29, 0.717) is 31.2 Å². The maximum atomic E-state index is 12.9. The van der Waals surface area contributed by atoms with Crippen LogP contribution < -0.4 is 9.64 Å². The minimum Gasteiger partial charge on any atom is -0.493 e. The van der Waals surface area contributed by atoms with Crippen molar-refractivity contribution < 1.29 is 9.53 Å². The highest BCUT2D eigenvalue weighted by molar-refractivity contribution is 5.94. The Hall–Kier alpha value is -3.41. The molecule has 0 N–H and O–H groups in total. The molecule has 0 radical (unpaired) electrons. The molecule has 0 atom stereocenters. The van der Waals surface area contributed by atoms with E-state index in [4.69, 9.17) is 4.74 Å². The summed E-state index contributed by atoms with van der Waals surface area (Å²) in [5, 5.41) is 8.78. The highest BCUT2D eigenvalue weighted by Crippen LogP contribution is 2.20. The average Bonchev–Trinajstić information content (AvgIpc) is 2.83. The van der Waals surface area contributed by atoms with Gasteiger partial charge in [0.2, 0.25) is 0 Å². The fourth-order valence-corrected chi connectivity index (χ4v) is 3.53. The quantitative estimate of drug-likeness (QED) is 0.604. The SMILES string of the molecule is CC(C)COc1ccc(C(=O)N2CCN(c3ccc(-c4ccccc4)nn3)CC2)cc1. The lowest BCUT2D eigenvalue weighted by Gasteiger charge is -2.35. The van der Waals surface area contributed by atoms with Gasteiger partial charge in [0.15, 0.2) is 5.82 Å². The molecule has 0 bridgehead atoms. The maximum absolute atomic E-state index is 12.9. The van der Waals surface area contributed by atoms with Gasteiger partial charge in [0.05, 0.1) is 12.3 Å². The van der Waals surface area contributed by atoms with Crippen molar-refractivity contribution >= 4 is 11.7 Å². The molecule has 0 aliphatic carbocycles. The summed E-state index contributed by atoms with van der Waals surface area (Å²) in [6, 6.07) is 21.5. The van der Waals surface area contributed by atoms with E-state index in [0.717, 1.165) is 35.9 Å². The third-order valence-electron chi connectivity index (χ3n) is 5.30. The lowest BCUT2D eigenvalue weighted by atomic mass is 10.1. The van der Waals surface area contributed by atoms with E-state index in [2.05, 4.69) is 28.9 Å². The standard InChI is InChI=1S/C25H28N4O2/c1-19(2)18-31-22-10-8-21(9-11-22)25(30)29-16-14-28(15-17-29)24-13-12-23(26-27-24)20-6-4-3-5-7-20/h3-13,19H,14-18H2,1-2H3. The van der Waals surface area contributed by atoms with Crippen molar-refractivity contribution in [2.75, 3.05) is 37.7 Å².